The van der Waals surface area contributed by atoms with Crippen molar-refractivity contribution in [2.24, 2.45) is 7.05 Å². The van der Waals surface area contributed by atoms with E-state index in [0.717, 1.165) is 6.26 Å². The lowest BCUT2D eigenvalue weighted by molar-refractivity contribution is -0.386. The Hall–Kier alpha value is -2.42. The molecule has 1 aromatic carbocycles. The van der Waals surface area contributed by atoms with Crippen molar-refractivity contribution in [2.45, 2.75) is 11.8 Å². The number of nitrogens with zero attached hydrogens (tertiary/aromatic N) is 3. The van der Waals surface area contributed by atoms with E-state index in [1.165, 1.54) is 18.2 Å². The van der Waals surface area contributed by atoms with Gasteiger partial charge in [-0.3, -0.25) is 14.8 Å². The van der Waals surface area contributed by atoms with Crippen molar-refractivity contribution in [3.05, 3.63) is 40.2 Å². The third-order valence-electron chi connectivity index (χ3n) is 2.86. The SMILES string of the molecule is Cc1nn(C)cc1Nc1cccc(S(C)(=O)=O)c1[N+](=O)[O-]. The highest BCUT2D eigenvalue weighted by Crippen LogP contribution is 2.34. The van der Waals surface area contributed by atoms with Crippen LogP contribution in [0.3, 0.4) is 0 Å². The Labute approximate surface area is 121 Å². The van der Waals surface area contributed by atoms with Gasteiger partial charge in [0.1, 0.15) is 10.6 Å². The van der Waals surface area contributed by atoms with Gasteiger partial charge in [-0.15, -0.1) is 0 Å². The molecule has 0 bridgehead atoms. The number of nitro benzene ring substituents is 1. The van der Waals surface area contributed by atoms with Gasteiger partial charge in [0.05, 0.1) is 16.3 Å². The number of para-hydroxylation sites is 1. The summed E-state index contributed by atoms with van der Waals surface area (Å²) in [5.74, 6) is 0. The fraction of sp³-hybridized carbons (Fsp3) is 0.250. The lowest BCUT2D eigenvalue weighted by atomic mass is 10.2. The number of rotatable bonds is 4. The van der Waals surface area contributed by atoms with Gasteiger partial charge >= 0.3 is 5.69 Å². The minimum absolute atomic E-state index is 0.110. The highest BCUT2D eigenvalue weighted by atomic mass is 32.2. The summed E-state index contributed by atoms with van der Waals surface area (Å²) in [5.41, 5.74) is 0.866. The van der Waals surface area contributed by atoms with Crippen LogP contribution in [-0.2, 0) is 16.9 Å². The first kappa shape index (κ1) is 15.0. The molecule has 0 aliphatic carbocycles. The molecule has 0 fully saturated rings. The number of hydrogen-bond acceptors (Lipinski definition) is 6. The van der Waals surface area contributed by atoms with E-state index in [-0.39, 0.29) is 10.6 Å². The van der Waals surface area contributed by atoms with Gasteiger partial charge in [-0.05, 0) is 19.1 Å². The van der Waals surface area contributed by atoms with E-state index in [1.807, 2.05) is 0 Å². The Bertz CT molecular complexity index is 811. The molecule has 0 amide bonds. The molecule has 2 rings (SSSR count). The number of aryl methyl sites for hydroxylation is 2. The standard InChI is InChI=1S/C12H14N4O4S/c1-8-10(7-15(2)14-8)13-9-5-4-6-11(21(3,19)20)12(9)16(17)18/h4-7,13H,1-3H3. The molecule has 0 saturated carbocycles. The molecule has 112 valence electrons. The summed E-state index contributed by atoms with van der Waals surface area (Å²) in [5, 5.41) is 18.2. The quantitative estimate of drug-likeness (QED) is 0.681. The molecule has 1 heterocycles. The maximum Gasteiger partial charge on any atom is 0.311 e. The van der Waals surface area contributed by atoms with Gasteiger partial charge in [-0.2, -0.15) is 5.10 Å². The van der Waals surface area contributed by atoms with Crippen LogP contribution in [0.4, 0.5) is 17.1 Å². The minimum Gasteiger partial charge on any atom is -0.347 e. The first-order valence-corrected chi connectivity index (χ1v) is 7.84. The molecule has 0 radical (unpaired) electrons. The molecule has 2 aromatic rings. The number of sulfone groups is 1. The normalized spacial score (nSPS) is 11.4. The Morgan fingerprint density at radius 2 is 2.00 bits per heavy atom. The molecule has 21 heavy (non-hydrogen) atoms. The molecule has 9 heteroatoms. The van der Waals surface area contributed by atoms with Crippen LogP contribution >= 0.6 is 0 Å². The molecular weight excluding hydrogens is 296 g/mol. The van der Waals surface area contributed by atoms with Crippen molar-refractivity contribution in [1.29, 1.82) is 0 Å². The maximum atomic E-state index is 11.7. The number of benzene rings is 1. The number of nitrogens with one attached hydrogen (secondary N) is 1. The third kappa shape index (κ3) is 3.02. The largest absolute Gasteiger partial charge is 0.347 e. The fourth-order valence-electron chi connectivity index (χ4n) is 1.98. The highest BCUT2D eigenvalue weighted by Gasteiger charge is 2.26. The van der Waals surface area contributed by atoms with Gasteiger partial charge in [-0.1, -0.05) is 6.07 Å². The van der Waals surface area contributed by atoms with Gasteiger partial charge in [0.2, 0.25) is 0 Å². The Balaban J connectivity index is 2.59. The molecule has 8 nitrogen and oxygen atoms in total. The first-order chi connectivity index (χ1) is 9.70. The molecular formula is C12H14N4O4S. The summed E-state index contributed by atoms with van der Waals surface area (Å²) in [4.78, 5) is 10.2. The van der Waals surface area contributed by atoms with E-state index in [0.29, 0.717) is 11.4 Å². The molecule has 0 aliphatic heterocycles. The Morgan fingerprint density at radius 3 is 2.48 bits per heavy atom. The summed E-state index contributed by atoms with van der Waals surface area (Å²) >= 11 is 0. The lowest BCUT2D eigenvalue weighted by Crippen LogP contribution is -2.05. The van der Waals surface area contributed by atoms with Crippen molar-refractivity contribution in [1.82, 2.24) is 9.78 Å². The third-order valence-corrected chi connectivity index (χ3v) is 3.99. The minimum atomic E-state index is -3.70. The Kier molecular flexibility index (Phi) is 3.69. The van der Waals surface area contributed by atoms with Gasteiger partial charge < -0.3 is 5.32 Å². The van der Waals surface area contributed by atoms with Crippen LogP contribution in [0.25, 0.3) is 0 Å². The van der Waals surface area contributed by atoms with Crippen LogP contribution < -0.4 is 5.32 Å². The molecule has 0 unspecified atom stereocenters. The number of anilines is 2. The average molecular weight is 310 g/mol. The summed E-state index contributed by atoms with van der Waals surface area (Å²) in [6, 6.07) is 4.13. The second-order valence-corrected chi connectivity index (χ2v) is 6.59. The molecule has 0 atom stereocenters. The number of nitro groups is 1. The second-order valence-electron chi connectivity index (χ2n) is 4.61. The zero-order valence-corrected chi connectivity index (χ0v) is 12.5. The predicted molar refractivity (Wildman–Crippen MR) is 77.4 cm³/mol. The van der Waals surface area contributed by atoms with Crippen LogP contribution in [0.15, 0.2) is 29.3 Å². The van der Waals surface area contributed by atoms with Crippen LogP contribution in [-0.4, -0.2) is 29.4 Å². The summed E-state index contributed by atoms with van der Waals surface area (Å²) in [7, 11) is -1.98. The van der Waals surface area contributed by atoms with Crippen molar-refractivity contribution < 1.29 is 13.3 Å². The van der Waals surface area contributed by atoms with Crippen LogP contribution in [0.5, 0.6) is 0 Å². The van der Waals surface area contributed by atoms with Crippen LogP contribution in [0.2, 0.25) is 0 Å². The highest BCUT2D eigenvalue weighted by molar-refractivity contribution is 7.90. The summed E-state index contributed by atoms with van der Waals surface area (Å²) in [6.07, 6.45) is 2.60. The maximum absolute atomic E-state index is 11.7. The monoisotopic (exact) mass is 310 g/mol. The topological polar surface area (TPSA) is 107 Å². The predicted octanol–water partition coefficient (Wildman–Crippen LogP) is 1.78. The zero-order valence-electron chi connectivity index (χ0n) is 11.7. The van der Waals surface area contributed by atoms with Crippen LogP contribution in [0.1, 0.15) is 5.69 Å². The van der Waals surface area contributed by atoms with Crippen molar-refractivity contribution in [2.75, 3.05) is 11.6 Å². The van der Waals surface area contributed by atoms with E-state index in [4.69, 9.17) is 0 Å². The zero-order chi connectivity index (χ0) is 15.8. The lowest BCUT2D eigenvalue weighted by Gasteiger charge is -2.08. The smallest absolute Gasteiger partial charge is 0.311 e. The van der Waals surface area contributed by atoms with Gasteiger partial charge in [0.25, 0.3) is 0 Å². The average Bonchev–Trinajstić information content (AvgIpc) is 2.66. The van der Waals surface area contributed by atoms with Crippen LogP contribution in [0, 0.1) is 17.0 Å². The van der Waals surface area contributed by atoms with E-state index < -0.39 is 20.4 Å². The van der Waals surface area contributed by atoms with Crippen molar-refractivity contribution >= 4 is 26.9 Å². The summed E-state index contributed by atoms with van der Waals surface area (Å²) in [6.45, 7) is 1.74. The Morgan fingerprint density at radius 1 is 1.33 bits per heavy atom. The molecule has 0 spiro atoms. The number of hydrogen-bond donors (Lipinski definition) is 1. The van der Waals surface area contributed by atoms with Gasteiger partial charge in [0.15, 0.2) is 9.84 Å². The van der Waals surface area contributed by atoms with Crippen molar-refractivity contribution in [3.8, 4) is 0 Å². The molecule has 1 aromatic heterocycles. The summed E-state index contributed by atoms with van der Waals surface area (Å²) < 4.78 is 24.9. The van der Waals surface area contributed by atoms with E-state index >= 15 is 0 Å². The fourth-order valence-corrected chi connectivity index (χ4v) is 2.84. The van der Waals surface area contributed by atoms with E-state index in [2.05, 4.69) is 10.4 Å². The first-order valence-electron chi connectivity index (χ1n) is 5.95. The number of aromatic nitrogens is 2. The van der Waals surface area contributed by atoms with E-state index in [9.17, 15) is 18.5 Å². The van der Waals surface area contributed by atoms with Gasteiger partial charge in [-0.25, -0.2) is 8.42 Å². The molecule has 0 saturated heterocycles. The second kappa shape index (κ2) is 5.17. The van der Waals surface area contributed by atoms with Crippen molar-refractivity contribution in [3.63, 3.8) is 0 Å². The van der Waals surface area contributed by atoms with E-state index in [1.54, 1.807) is 24.9 Å². The molecule has 1 N–H and O–H groups in total. The molecule has 0 aliphatic rings. The van der Waals surface area contributed by atoms with Gasteiger partial charge in [0, 0.05) is 19.5 Å².